The molecule has 0 bridgehead atoms. The number of imidazole rings is 1. The Labute approximate surface area is 144 Å². The molecule has 3 aromatic rings. The normalized spacial score (nSPS) is 19.7. The molecule has 1 fully saturated rings. The first-order chi connectivity index (χ1) is 12.2. The van der Waals surface area contributed by atoms with Crippen molar-refractivity contribution in [1.29, 1.82) is 0 Å². The lowest BCUT2D eigenvalue weighted by molar-refractivity contribution is 0.116. The number of pyridine rings is 1. The Morgan fingerprint density at radius 3 is 3.04 bits per heavy atom. The summed E-state index contributed by atoms with van der Waals surface area (Å²) in [5.41, 5.74) is 8.88. The molecule has 2 atom stereocenters. The average Bonchev–Trinajstić information content (AvgIpc) is 3.34. The van der Waals surface area contributed by atoms with E-state index >= 15 is 0 Å². The van der Waals surface area contributed by atoms with Crippen molar-refractivity contribution in [3.63, 3.8) is 0 Å². The molecular formula is C16H21N7O2. The lowest BCUT2D eigenvalue weighted by atomic mass is 10.0. The first kappa shape index (κ1) is 16.0. The summed E-state index contributed by atoms with van der Waals surface area (Å²) in [4.78, 5) is 14.5. The minimum absolute atomic E-state index is 0.164. The van der Waals surface area contributed by atoms with Gasteiger partial charge in [0.25, 0.3) is 0 Å². The van der Waals surface area contributed by atoms with Gasteiger partial charge in [-0.2, -0.15) is 0 Å². The Hall–Kier alpha value is -2.52. The van der Waals surface area contributed by atoms with E-state index in [9.17, 15) is 5.11 Å². The standard InChI is InChI=1S/C16H21N7O2/c1-2-12(23-5-3-4-9(23)8-24)10-6-18-7-11-13(10)20-16(19-11)14-15(17)22-25-21-14/h6-7,9,12,24H,2-5,8H2,1H3,(H2,17,22)(H,19,20)/t9?,12-/m0/s1. The van der Waals surface area contributed by atoms with Gasteiger partial charge in [-0.3, -0.25) is 9.88 Å². The van der Waals surface area contributed by atoms with Crippen molar-refractivity contribution in [1.82, 2.24) is 30.2 Å². The van der Waals surface area contributed by atoms with Crippen LogP contribution in [0.5, 0.6) is 0 Å². The number of hydrogen-bond donors (Lipinski definition) is 3. The lowest BCUT2D eigenvalue weighted by Gasteiger charge is -2.31. The third kappa shape index (κ3) is 2.65. The minimum Gasteiger partial charge on any atom is -0.395 e. The Morgan fingerprint density at radius 1 is 1.44 bits per heavy atom. The van der Waals surface area contributed by atoms with Crippen LogP contribution in [0.1, 0.15) is 37.8 Å². The molecular weight excluding hydrogens is 322 g/mol. The van der Waals surface area contributed by atoms with Crippen molar-refractivity contribution in [2.75, 3.05) is 18.9 Å². The maximum atomic E-state index is 9.68. The smallest absolute Gasteiger partial charge is 0.199 e. The molecule has 1 aliphatic rings. The van der Waals surface area contributed by atoms with E-state index in [1.165, 1.54) is 0 Å². The Balaban J connectivity index is 1.78. The SMILES string of the molecule is CC[C@@H](c1cncc2nc(-c3nonc3N)[nH]c12)N1CCCC1CO. The van der Waals surface area contributed by atoms with Gasteiger partial charge >= 0.3 is 0 Å². The summed E-state index contributed by atoms with van der Waals surface area (Å²) in [6.07, 6.45) is 6.62. The number of hydrogen-bond acceptors (Lipinski definition) is 8. The van der Waals surface area contributed by atoms with Crippen molar-refractivity contribution in [2.24, 2.45) is 0 Å². The molecule has 25 heavy (non-hydrogen) atoms. The van der Waals surface area contributed by atoms with Gasteiger partial charge in [-0.1, -0.05) is 6.92 Å². The van der Waals surface area contributed by atoms with Crippen LogP contribution in [0.25, 0.3) is 22.6 Å². The van der Waals surface area contributed by atoms with Gasteiger partial charge in [-0.15, -0.1) is 0 Å². The molecule has 0 spiro atoms. The molecule has 9 heteroatoms. The summed E-state index contributed by atoms with van der Waals surface area (Å²) < 4.78 is 4.67. The summed E-state index contributed by atoms with van der Waals surface area (Å²) in [5, 5.41) is 17.1. The summed E-state index contributed by atoms with van der Waals surface area (Å²) >= 11 is 0. The highest BCUT2D eigenvalue weighted by Gasteiger charge is 2.31. The van der Waals surface area contributed by atoms with E-state index in [2.05, 4.69) is 41.7 Å². The number of aromatic amines is 1. The second kappa shape index (κ2) is 6.41. The fourth-order valence-corrected chi connectivity index (χ4v) is 3.77. The highest BCUT2D eigenvalue weighted by atomic mass is 16.6. The zero-order valence-electron chi connectivity index (χ0n) is 14.0. The molecule has 0 radical (unpaired) electrons. The summed E-state index contributed by atoms with van der Waals surface area (Å²) in [7, 11) is 0. The van der Waals surface area contributed by atoms with Crippen molar-refractivity contribution in [3.8, 4) is 11.5 Å². The molecule has 1 saturated heterocycles. The van der Waals surface area contributed by atoms with Gasteiger partial charge in [0.2, 0.25) is 0 Å². The average molecular weight is 343 g/mol. The molecule has 0 amide bonds. The summed E-state index contributed by atoms with van der Waals surface area (Å²) in [6, 6.07) is 0.356. The van der Waals surface area contributed by atoms with Crippen molar-refractivity contribution in [2.45, 2.75) is 38.3 Å². The number of nitrogens with two attached hydrogens (primary N) is 1. The number of aliphatic hydroxyl groups is 1. The largest absolute Gasteiger partial charge is 0.395 e. The highest BCUT2D eigenvalue weighted by molar-refractivity contribution is 5.82. The zero-order chi connectivity index (χ0) is 17.4. The van der Waals surface area contributed by atoms with E-state index in [1.54, 1.807) is 6.20 Å². The lowest BCUT2D eigenvalue weighted by Crippen LogP contribution is -2.35. The first-order valence-electron chi connectivity index (χ1n) is 8.51. The van der Waals surface area contributed by atoms with E-state index in [0.717, 1.165) is 42.4 Å². The molecule has 9 nitrogen and oxygen atoms in total. The van der Waals surface area contributed by atoms with Gasteiger partial charge in [-0.05, 0) is 36.1 Å². The number of nitrogens with one attached hydrogen (secondary N) is 1. The number of aromatic nitrogens is 5. The van der Waals surface area contributed by atoms with Crippen LogP contribution in [0.15, 0.2) is 17.0 Å². The van der Waals surface area contributed by atoms with Gasteiger partial charge in [0.15, 0.2) is 17.3 Å². The molecule has 4 heterocycles. The Kier molecular flexibility index (Phi) is 4.10. The van der Waals surface area contributed by atoms with Gasteiger partial charge in [0.05, 0.1) is 18.3 Å². The molecule has 0 saturated carbocycles. The predicted molar refractivity (Wildman–Crippen MR) is 91.4 cm³/mol. The van der Waals surface area contributed by atoms with Crippen LogP contribution in [0.3, 0.4) is 0 Å². The third-order valence-electron chi connectivity index (χ3n) is 4.95. The quantitative estimate of drug-likeness (QED) is 0.635. The Morgan fingerprint density at radius 2 is 2.32 bits per heavy atom. The van der Waals surface area contributed by atoms with E-state index in [-0.39, 0.29) is 24.5 Å². The van der Waals surface area contributed by atoms with Crippen molar-refractivity contribution in [3.05, 3.63) is 18.0 Å². The molecule has 3 aromatic heterocycles. The number of nitrogen functional groups attached to an aromatic ring is 1. The van der Waals surface area contributed by atoms with Crippen molar-refractivity contribution >= 4 is 16.9 Å². The monoisotopic (exact) mass is 343 g/mol. The zero-order valence-corrected chi connectivity index (χ0v) is 14.0. The topological polar surface area (TPSA) is 130 Å². The number of fused-ring (bicyclic) bond motifs is 1. The maximum Gasteiger partial charge on any atom is 0.199 e. The van der Waals surface area contributed by atoms with Crippen LogP contribution in [0, 0.1) is 0 Å². The van der Waals surface area contributed by atoms with Crippen LogP contribution in [0.4, 0.5) is 5.82 Å². The number of aliphatic hydroxyl groups excluding tert-OH is 1. The number of H-pyrrole nitrogens is 1. The van der Waals surface area contributed by atoms with Gasteiger partial charge in [0.1, 0.15) is 5.52 Å². The molecule has 0 aromatic carbocycles. The molecule has 4 N–H and O–H groups in total. The fraction of sp³-hybridized carbons (Fsp3) is 0.500. The number of rotatable bonds is 5. The molecule has 1 unspecified atom stereocenters. The van der Waals surface area contributed by atoms with E-state index in [0.29, 0.717) is 11.5 Å². The van der Waals surface area contributed by atoms with Crippen molar-refractivity contribution < 1.29 is 9.74 Å². The second-order valence-electron chi connectivity index (χ2n) is 6.35. The van der Waals surface area contributed by atoms with Crippen LogP contribution in [-0.2, 0) is 0 Å². The second-order valence-corrected chi connectivity index (χ2v) is 6.35. The van der Waals surface area contributed by atoms with Crippen LogP contribution in [-0.4, -0.2) is 54.5 Å². The van der Waals surface area contributed by atoms with E-state index in [1.807, 2.05) is 6.20 Å². The van der Waals surface area contributed by atoms with Gasteiger partial charge in [-0.25, -0.2) is 9.61 Å². The molecule has 1 aliphatic heterocycles. The van der Waals surface area contributed by atoms with Crippen LogP contribution in [0.2, 0.25) is 0 Å². The molecule has 0 aliphatic carbocycles. The predicted octanol–water partition coefficient (Wildman–Crippen LogP) is 1.50. The Bertz CT molecular complexity index is 874. The maximum absolute atomic E-state index is 9.68. The molecule has 4 rings (SSSR count). The van der Waals surface area contributed by atoms with E-state index in [4.69, 9.17) is 5.73 Å². The number of nitrogens with zero attached hydrogens (tertiary/aromatic N) is 5. The van der Waals surface area contributed by atoms with Gasteiger partial charge in [0, 0.05) is 23.8 Å². The number of anilines is 1. The highest BCUT2D eigenvalue weighted by Crippen LogP contribution is 2.35. The summed E-state index contributed by atoms with van der Waals surface area (Å²) in [5.74, 6) is 0.707. The third-order valence-corrected chi connectivity index (χ3v) is 4.95. The first-order valence-corrected chi connectivity index (χ1v) is 8.51. The van der Waals surface area contributed by atoms with Gasteiger partial charge < -0.3 is 15.8 Å². The summed E-state index contributed by atoms with van der Waals surface area (Å²) in [6.45, 7) is 3.30. The van der Waals surface area contributed by atoms with Crippen LogP contribution < -0.4 is 5.73 Å². The van der Waals surface area contributed by atoms with Crippen LogP contribution >= 0.6 is 0 Å². The number of likely N-dealkylation sites (tertiary alicyclic amines) is 1. The van der Waals surface area contributed by atoms with E-state index < -0.39 is 0 Å². The minimum atomic E-state index is 0.164. The molecule has 132 valence electrons. The fourth-order valence-electron chi connectivity index (χ4n) is 3.77.